The number of nitrogens with one attached hydrogen (secondary N) is 1. The SMILES string of the molecule is O=C(OC1C[C@@H]2CC3C[C@H](C1)N2CC3=O)c1c[nH]c2ccccc12.O=P(O)(O)O. The van der Waals surface area contributed by atoms with E-state index in [9.17, 15) is 9.59 Å². The van der Waals surface area contributed by atoms with Gasteiger partial charge in [-0.05, 0) is 18.9 Å². The Morgan fingerprint density at radius 1 is 1.10 bits per heavy atom. The Morgan fingerprint density at radius 3 is 2.34 bits per heavy atom. The maximum absolute atomic E-state index is 12.6. The van der Waals surface area contributed by atoms with Gasteiger partial charge in [-0.15, -0.1) is 0 Å². The van der Waals surface area contributed by atoms with Gasteiger partial charge < -0.3 is 24.4 Å². The molecule has 1 aromatic heterocycles. The normalized spacial score (nSPS) is 30.6. The fourth-order valence-corrected chi connectivity index (χ4v) is 4.87. The van der Waals surface area contributed by atoms with Gasteiger partial charge in [0.25, 0.3) is 0 Å². The molecule has 0 saturated carbocycles. The highest BCUT2D eigenvalue weighted by Crippen LogP contribution is 2.42. The summed E-state index contributed by atoms with van der Waals surface area (Å²) in [5.41, 5.74) is 1.56. The van der Waals surface area contributed by atoms with Crippen molar-refractivity contribution in [2.24, 2.45) is 5.92 Å². The minimum Gasteiger partial charge on any atom is -0.459 e. The summed E-state index contributed by atoms with van der Waals surface area (Å²) < 4.78 is 14.7. The molecule has 0 amide bonds. The number of hydrogen-bond acceptors (Lipinski definition) is 5. The van der Waals surface area contributed by atoms with Crippen LogP contribution in [0.1, 0.15) is 36.0 Å². The predicted octanol–water partition coefficient (Wildman–Crippen LogP) is 1.59. The van der Waals surface area contributed by atoms with Crippen molar-refractivity contribution < 1.29 is 33.6 Å². The number of ether oxygens (including phenoxy) is 1. The zero-order chi connectivity index (χ0) is 20.8. The van der Waals surface area contributed by atoms with Crippen molar-refractivity contribution >= 4 is 30.5 Å². The Balaban J connectivity index is 0.000000369. The Bertz CT molecular complexity index is 960. The molecule has 0 aliphatic carbocycles. The predicted molar refractivity (Wildman–Crippen MR) is 103 cm³/mol. The highest BCUT2D eigenvalue weighted by molar-refractivity contribution is 7.45. The number of fused-ring (bicyclic) bond motifs is 2. The number of aromatic amines is 1. The van der Waals surface area contributed by atoms with Crippen LogP contribution in [0, 0.1) is 5.92 Å². The highest BCUT2D eigenvalue weighted by Gasteiger charge is 2.49. The molecule has 1 aromatic carbocycles. The number of piperidine rings is 4. The third-order valence-electron chi connectivity index (χ3n) is 6.00. The molecule has 4 aliphatic heterocycles. The van der Waals surface area contributed by atoms with E-state index in [2.05, 4.69) is 9.88 Å². The quantitative estimate of drug-likeness (QED) is 0.423. The third kappa shape index (κ3) is 4.44. The first kappa shape index (κ1) is 20.3. The standard InChI is InChI=1S/C19H20N2O3.H3O4P/c22-18-10-21-12-5-11(18)6-13(21)8-14(7-12)24-19(23)16-9-20-17-4-2-1-3-15(16)17;1-5(2,3)4/h1-4,9,11-14,20H,5-8,10H2;(H3,1,2,3,4)/t11?,12-,13+,14?;. The van der Waals surface area contributed by atoms with E-state index in [1.807, 2.05) is 24.3 Å². The van der Waals surface area contributed by atoms with Gasteiger partial charge in [0.15, 0.2) is 0 Å². The lowest BCUT2D eigenvalue weighted by Gasteiger charge is -2.54. The van der Waals surface area contributed by atoms with E-state index in [0.29, 0.717) is 30.0 Å². The lowest BCUT2D eigenvalue weighted by atomic mass is 9.72. The van der Waals surface area contributed by atoms with E-state index in [1.54, 1.807) is 6.20 Å². The summed E-state index contributed by atoms with van der Waals surface area (Å²) in [6.07, 6.45) is 5.29. The fourth-order valence-electron chi connectivity index (χ4n) is 4.87. The number of aromatic nitrogens is 1. The molecule has 4 N–H and O–H groups in total. The average Bonchev–Trinajstić information content (AvgIpc) is 3.04. The second-order valence-corrected chi connectivity index (χ2v) is 8.90. The van der Waals surface area contributed by atoms with Gasteiger partial charge in [-0.3, -0.25) is 9.69 Å². The summed E-state index contributed by atoms with van der Waals surface area (Å²) in [7, 11) is -4.64. The molecule has 4 saturated heterocycles. The molecule has 9 nitrogen and oxygen atoms in total. The van der Waals surface area contributed by atoms with Crippen LogP contribution >= 0.6 is 7.82 Å². The molecule has 4 fully saturated rings. The van der Waals surface area contributed by atoms with Crippen LogP contribution in [0.4, 0.5) is 0 Å². The van der Waals surface area contributed by atoms with Crippen LogP contribution in [0.5, 0.6) is 0 Å². The summed E-state index contributed by atoms with van der Waals surface area (Å²) in [5, 5.41) is 0.909. The van der Waals surface area contributed by atoms with Crippen molar-refractivity contribution in [1.82, 2.24) is 9.88 Å². The van der Waals surface area contributed by atoms with Crippen LogP contribution in [0.25, 0.3) is 10.9 Å². The summed E-state index contributed by atoms with van der Waals surface area (Å²) in [6, 6.07) is 8.58. The van der Waals surface area contributed by atoms with Crippen LogP contribution in [0.15, 0.2) is 30.5 Å². The van der Waals surface area contributed by atoms with Crippen LogP contribution in [-0.4, -0.2) is 61.0 Å². The van der Waals surface area contributed by atoms with Gasteiger partial charge in [-0.25, -0.2) is 9.36 Å². The number of hydrogen-bond donors (Lipinski definition) is 4. The number of carbonyl (C=O) groups excluding carboxylic acids is 2. The molecule has 3 unspecified atom stereocenters. The van der Waals surface area contributed by atoms with Gasteiger partial charge >= 0.3 is 13.8 Å². The van der Waals surface area contributed by atoms with Crippen LogP contribution < -0.4 is 0 Å². The van der Waals surface area contributed by atoms with Gasteiger partial charge in [0.1, 0.15) is 11.9 Å². The average molecular weight is 422 g/mol. The number of benzene rings is 1. The van der Waals surface area contributed by atoms with Gasteiger partial charge in [-0.1, -0.05) is 18.2 Å². The summed E-state index contributed by atoms with van der Waals surface area (Å²) in [5.74, 6) is 0.403. The largest absolute Gasteiger partial charge is 0.466 e. The number of phosphoric acid groups is 1. The Labute approximate surface area is 166 Å². The van der Waals surface area contributed by atoms with Gasteiger partial charge in [-0.2, -0.15) is 0 Å². The van der Waals surface area contributed by atoms with E-state index in [1.165, 1.54) is 0 Å². The number of Topliss-reactive ketones (excluding diaryl/α,β-unsaturated/α-hetero) is 1. The van der Waals surface area contributed by atoms with Crippen molar-refractivity contribution in [3.63, 3.8) is 0 Å². The van der Waals surface area contributed by atoms with E-state index in [-0.39, 0.29) is 18.0 Å². The molecule has 4 bridgehead atoms. The van der Waals surface area contributed by atoms with E-state index in [4.69, 9.17) is 24.0 Å². The third-order valence-corrected chi connectivity index (χ3v) is 6.00. The van der Waals surface area contributed by atoms with Crippen LogP contribution in [0.3, 0.4) is 0 Å². The number of esters is 1. The molecule has 156 valence electrons. The molecule has 0 spiro atoms. The number of ketones is 1. The second-order valence-electron chi connectivity index (χ2n) is 7.87. The molecule has 5 heterocycles. The first-order chi connectivity index (χ1) is 13.7. The second kappa shape index (κ2) is 7.66. The number of H-pyrrole nitrogens is 1. The number of para-hydroxylation sites is 1. The molecule has 5 atom stereocenters. The minimum absolute atomic E-state index is 0.0356. The fraction of sp³-hybridized carbons (Fsp3) is 0.474. The first-order valence-electron chi connectivity index (χ1n) is 9.53. The van der Waals surface area contributed by atoms with Crippen LogP contribution in [0.2, 0.25) is 0 Å². The molecule has 2 aromatic rings. The Hall–Kier alpha value is -2.03. The van der Waals surface area contributed by atoms with Crippen molar-refractivity contribution in [1.29, 1.82) is 0 Å². The Kier molecular flexibility index (Phi) is 5.35. The maximum Gasteiger partial charge on any atom is 0.466 e. The number of carbonyl (C=O) groups is 2. The number of nitrogens with zero attached hydrogens (tertiary/aromatic N) is 1. The molecule has 0 radical (unpaired) electrons. The van der Waals surface area contributed by atoms with Crippen molar-refractivity contribution in [2.45, 2.75) is 43.9 Å². The van der Waals surface area contributed by atoms with Crippen molar-refractivity contribution in [3.05, 3.63) is 36.0 Å². The molecule has 4 aliphatic rings. The Morgan fingerprint density at radius 2 is 1.72 bits per heavy atom. The zero-order valence-electron chi connectivity index (χ0n) is 15.6. The molecular formula is C19H23N2O7P. The van der Waals surface area contributed by atoms with Crippen molar-refractivity contribution in [3.8, 4) is 0 Å². The van der Waals surface area contributed by atoms with Crippen molar-refractivity contribution in [2.75, 3.05) is 6.54 Å². The minimum atomic E-state index is -4.64. The van der Waals surface area contributed by atoms with Gasteiger partial charge in [0, 0.05) is 47.9 Å². The van der Waals surface area contributed by atoms with E-state index >= 15 is 0 Å². The topological polar surface area (TPSA) is 140 Å². The highest BCUT2D eigenvalue weighted by atomic mass is 31.2. The van der Waals surface area contributed by atoms with Gasteiger partial charge in [0.05, 0.1) is 12.1 Å². The maximum atomic E-state index is 12.6. The monoisotopic (exact) mass is 422 g/mol. The van der Waals surface area contributed by atoms with E-state index < -0.39 is 7.82 Å². The first-order valence-corrected chi connectivity index (χ1v) is 11.1. The lowest BCUT2D eigenvalue weighted by Crippen LogP contribution is -2.63. The molecule has 10 heteroatoms. The molecule has 6 rings (SSSR count). The molecular weight excluding hydrogens is 399 g/mol. The van der Waals surface area contributed by atoms with Crippen LogP contribution in [-0.2, 0) is 14.1 Å². The van der Waals surface area contributed by atoms with E-state index in [0.717, 1.165) is 36.6 Å². The number of rotatable bonds is 2. The lowest BCUT2D eigenvalue weighted by molar-refractivity contribution is -0.145. The smallest absolute Gasteiger partial charge is 0.459 e. The summed E-state index contributed by atoms with van der Waals surface area (Å²) >= 11 is 0. The summed E-state index contributed by atoms with van der Waals surface area (Å²) in [4.78, 5) is 51.5. The molecule has 29 heavy (non-hydrogen) atoms. The van der Waals surface area contributed by atoms with Gasteiger partial charge in [0.2, 0.25) is 0 Å². The summed E-state index contributed by atoms with van der Waals surface area (Å²) in [6.45, 7) is 0.600. The zero-order valence-corrected chi connectivity index (χ0v) is 16.5.